The fourth-order valence-electron chi connectivity index (χ4n) is 2.69. The van der Waals surface area contributed by atoms with Crippen LogP contribution >= 0.6 is 0 Å². The molecule has 0 aromatic heterocycles. The van der Waals surface area contributed by atoms with E-state index in [4.69, 9.17) is 4.74 Å². The number of hydrogen-bond donors (Lipinski definition) is 2. The second-order valence-electron chi connectivity index (χ2n) is 5.66. The van der Waals surface area contributed by atoms with Gasteiger partial charge in [0.1, 0.15) is 36.9 Å². The molecule has 1 aliphatic rings. The Kier molecular flexibility index (Phi) is 4.90. The number of carbonyl (C=O) groups excluding carboxylic acids is 1. The highest BCUT2D eigenvalue weighted by molar-refractivity contribution is 5.93. The minimum Gasteiger partial charge on any atom is -0.364 e. The van der Waals surface area contributed by atoms with Crippen LogP contribution in [0, 0.1) is 11.6 Å². The molecule has 6 heteroatoms. The van der Waals surface area contributed by atoms with Gasteiger partial charge in [-0.15, -0.1) is 0 Å². The first-order chi connectivity index (χ1) is 9.86. The van der Waals surface area contributed by atoms with Gasteiger partial charge >= 0.3 is 0 Å². The number of halogens is 2. The average molecular weight is 299 g/mol. The Morgan fingerprint density at radius 3 is 2.52 bits per heavy atom. The fourth-order valence-corrected chi connectivity index (χ4v) is 2.69. The summed E-state index contributed by atoms with van der Waals surface area (Å²) in [5.74, 6) is -1.72. The van der Waals surface area contributed by atoms with Crippen LogP contribution in [0.15, 0.2) is 18.2 Å². The summed E-state index contributed by atoms with van der Waals surface area (Å²) in [6.07, 6.45) is 0.170. The van der Waals surface area contributed by atoms with Gasteiger partial charge in [-0.05, 0) is 32.9 Å². The normalized spacial score (nSPS) is 27.2. The summed E-state index contributed by atoms with van der Waals surface area (Å²) < 4.78 is 32.1. The van der Waals surface area contributed by atoms with Gasteiger partial charge in [-0.25, -0.2) is 8.78 Å². The molecule has 1 fully saturated rings. The van der Waals surface area contributed by atoms with Gasteiger partial charge in [-0.3, -0.25) is 4.79 Å². The SMILES string of the molecule is C[C@H]1C[NH+]([C@@H](C)C(=O)Nc2ccc(F)cc2F)C[C@H](C)O1. The molecule has 0 radical (unpaired) electrons. The molecule has 1 aliphatic heterocycles. The van der Waals surface area contributed by atoms with E-state index in [0.717, 1.165) is 30.1 Å². The maximum Gasteiger partial charge on any atom is 0.282 e. The molecule has 3 atom stereocenters. The van der Waals surface area contributed by atoms with Crippen LogP contribution in [0.2, 0.25) is 0 Å². The third kappa shape index (κ3) is 3.98. The maximum atomic E-state index is 13.6. The van der Waals surface area contributed by atoms with Crippen molar-refractivity contribution >= 4 is 11.6 Å². The van der Waals surface area contributed by atoms with E-state index < -0.39 is 11.6 Å². The number of quaternary nitrogens is 1. The van der Waals surface area contributed by atoms with Gasteiger partial charge in [0.05, 0.1) is 5.69 Å². The Morgan fingerprint density at radius 2 is 1.95 bits per heavy atom. The van der Waals surface area contributed by atoms with Gasteiger partial charge < -0.3 is 15.0 Å². The lowest BCUT2D eigenvalue weighted by atomic mass is 10.1. The number of carbonyl (C=O) groups is 1. The van der Waals surface area contributed by atoms with Gasteiger partial charge in [0, 0.05) is 6.07 Å². The van der Waals surface area contributed by atoms with Crippen LogP contribution in [0.5, 0.6) is 0 Å². The van der Waals surface area contributed by atoms with Gasteiger partial charge in [0.2, 0.25) is 0 Å². The van der Waals surface area contributed by atoms with E-state index in [1.165, 1.54) is 6.07 Å². The quantitative estimate of drug-likeness (QED) is 0.874. The molecule has 2 N–H and O–H groups in total. The van der Waals surface area contributed by atoms with Crippen molar-refractivity contribution in [3.05, 3.63) is 29.8 Å². The topological polar surface area (TPSA) is 42.8 Å². The van der Waals surface area contributed by atoms with E-state index in [9.17, 15) is 13.6 Å². The fraction of sp³-hybridized carbons (Fsp3) is 0.533. The minimum atomic E-state index is -0.769. The number of hydrogen-bond acceptors (Lipinski definition) is 2. The number of morpholine rings is 1. The molecule has 0 bridgehead atoms. The lowest BCUT2D eigenvalue weighted by Crippen LogP contribution is -3.19. The molecule has 1 heterocycles. The number of anilines is 1. The Bertz CT molecular complexity index is 514. The molecule has 116 valence electrons. The Morgan fingerprint density at radius 1 is 1.33 bits per heavy atom. The lowest BCUT2D eigenvalue weighted by Gasteiger charge is -2.35. The van der Waals surface area contributed by atoms with Crippen molar-refractivity contribution in [3.8, 4) is 0 Å². The van der Waals surface area contributed by atoms with Gasteiger partial charge in [0.25, 0.3) is 5.91 Å². The molecule has 0 spiro atoms. The summed E-state index contributed by atoms with van der Waals surface area (Å²) in [5.41, 5.74) is 0.00186. The monoisotopic (exact) mass is 299 g/mol. The first-order valence-corrected chi connectivity index (χ1v) is 7.12. The zero-order valence-electron chi connectivity index (χ0n) is 12.5. The van der Waals surface area contributed by atoms with Gasteiger partial charge in [-0.2, -0.15) is 0 Å². The Balaban J connectivity index is 2.02. The number of amides is 1. The average Bonchev–Trinajstić information content (AvgIpc) is 2.40. The zero-order valence-corrected chi connectivity index (χ0v) is 12.5. The van der Waals surface area contributed by atoms with E-state index in [1.807, 2.05) is 13.8 Å². The minimum absolute atomic E-state index is 0.00186. The largest absolute Gasteiger partial charge is 0.364 e. The molecule has 21 heavy (non-hydrogen) atoms. The van der Waals surface area contributed by atoms with Gasteiger partial charge in [-0.1, -0.05) is 0 Å². The molecule has 1 aromatic rings. The van der Waals surface area contributed by atoms with Crippen LogP contribution in [0.4, 0.5) is 14.5 Å². The summed E-state index contributed by atoms with van der Waals surface area (Å²) in [6.45, 7) is 7.20. The van der Waals surface area contributed by atoms with Gasteiger partial charge in [0.15, 0.2) is 6.04 Å². The number of benzene rings is 1. The van der Waals surface area contributed by atoms with E-state index in [0.29, 0.717) is 0 Å². The standard InChI is InChI=1S/C15H20F2N2O2/c1-9-7-19(8-10(2)21-9)11(3)15(20)18-14-5-4-12(16)6-13(14)17/h4-6,9-11H,7-8H2,1-3H3,(H,18,20)/p+1/t9-,10-,11-/m0/s1. The maximum absolute atomic E-state index is 13.6. The molecule has 1 saturated heterocycles. The van der Waals surface area contributed by atoms with Crippen LogP contribution in [-0.4, -0.2) is 37.2 Å². The number of nitrogens with one attached hydrogen (secondary N) is 2. The summed E-state index contributed by atoms with van der Waals surface area (Å²) in [7, 11) is 0. The molecular weight excluding hydrogens is 278 g/mol. The van der Waals surface area contributed by atoms with Crippen LogP contribution < -0.4 is 10.2 Å². The van der Waals surface area contributed by atoms with Crippen molar-refractivity contribution in [1.29, 1.82) is 0 Å². The summed E-state index contributed by atoms with van der Waals surface area (Å²) in [6, 6.07) is 2.78. The van der Waals surface area contributed by atoms with Crippen molar-refractivity contribution < 1.29 is 23.2 Å². The van der Waals surface area contributed by atoms with E-state index in [-0.39, 0.29) is 29.8 Å². The molecule has 0 unspecified atom stereocenters. The van der Waals surface area contributed by atoms with E-state index in [2.05, 4.69) is 5.32 Å². The predicted molar refractivity (Wildman–Crippen MR) is 75.2 cm³/mol. The van der Waals surface area contributed by atoms with E-state index in [1.54, 1.807) is 6.92 Å². The molecule has 0 aliphatic carbocycles. The van der Waals surface area contributed by atoms with E-state index >= 15 is 0 Å². The van der Waals surface area contributed by atoms with Crippen molar-refractivity contribution in [2.75, 3.05) is 18.4 Å². The van der Waals surface area contributed by atoms with Crippen LogP contribution in [0.25, 0.3) is 0 Å². The number of rotatable bonds is 3. The predicted octanol–water partition coefficient (Wildman–Crippen LogP) is 0.984. The Labute approximate surface area is 123 Å². The highest BCUT2D eigenvalue weighted by Gasteiger charge is 2.33. The van der Waals surface area contributed by atoms with Crippen LogP contribution in [-0.2, 0) is 9.53 Å². The molecule has 4 nitrogen and oxygen atoms in total. The highest BCUT2D eigenvalue weighted by Crippen LogP contribution is 2.15. The molecule has 1 aromatic carbocycles. The molecule has 2 rings (SSSR count). The Hall–Kier alpha value is -1.53. The zero-order chi connectivity index (χ0) is 15.6. The smallest absolute Gasteiger partial charge is 0.282 e. The van der Waals surface area contributed by atoms with Crippen LogP contribution in [0.1, 0.15) is 20.8 Å². The van der Waals surface area contributed by atoms with Crippen molar-refractivity contribution in [3.63, 3.8) is 0 Å². The van der Waals surface area contributed by atoms with Crippen molar-refractivity contribution in [2.45, 2.75) is 39.0 Å². The third-order valence-corrected chi connectivity index (χ3v) is 3.76. The second-order valence-corrected chi connectivity index (χ2v) is 5.66. The van der Waals surface area contributed by atoms with Crippen molar-refractivity contribution in [1.82, 2.24) is 0 Å². The third-order valence-electron chi connectivity index (χ3n) is 3.76. The molecular formula is C15H21F2N2O2+. The van der Waals surface area contributed by atoms with Crippen molar-refractivity contribution in [2.24, 2.45) is 0 Å². The van der Waals surface area contributed by atoms with Crippen LogP contribution in [0.3, 0.4) is 0 Å². The second kappa shape index (κ2) is 6.49. The highest BCUT2D eigenvalue weighted by atomic mass is 19.1. The molecule has 0 saturated carbocycles. The summed E-state index contributed by atoms with van der Waals surface area (Å²) >= 11 is 0. The molecule has 1 amide bonds. The lowest BCUT2D eigenvalue weighted by molar-refractivity contribution is -0.928. The first kappa shape index (κ1) is 15.9. The summed E-state index contributed by atoms with van der Waals surface area (Å²) in [5, 5.41) is 2.52. The first-order valence-electron chi connectivity index (χ1n) is 7.12. The summed E-state index contributed by atoms with van der Waals surface area (Å²) in [4.78, 5) is 13.3. The number of ether oxygens (including phenoxy) is 1.